The van der Waals surface area contributed by atoms with E-state index in [1.165, 1.54) is 24.3 Å². The number of aromatic nitrogens is 3. The molecule has 0 aliphatic heterocycles. The van der Waals surface area contributed by atoms with Crippen LogP contribution in [0.1, 0.15) is 39.2 Å². The molecule has 170 valence electrons. The number of nitriles is 1. The molecule has 0 saturated carbocycles. The van der Waals surface area contributed by atoms with Crippen molar-refractivity contribution in [2.45, 2.75) is 31.1 Å². The Kier molecular flexibility index (Phi) is 5.26. The molecule has 9 nitrogen and oxygen atoms in total. The van der Waals surface area contributed by atoms with Crippen LogP contribution in [0.25, 0.3) is 10.9 Å². The Labute approximate surface area is 195 Å². The van der Waals surface area contributed by atoms with Crippen molar-refractivity contribution < 1.29 is 13.2 Å². The first-order chi connectivity index (χ1) is 16.4. The van der Waals surface area contributed by atoms with Crippen molar-refractivity contribution >= 4 is 38.5 Å². The molecule has 1 aliphatic rings. The fourth-order valence-corrected chi connectivity index (χ4v) is 5.20. The van der Waals surface area contributed by atoms with Gasteiger partial charge in [-0.3, -0.25) is 14.8 Å². The number of aromatic amines is 1. The minimum Gasteiger partial charge on any atom is -0.358 e. The van der Waals surface area contributed by atoms with Gasteiger partial charge in [0.25, 0.3) is 15.9 Å². The molecule has 34 heavy (non-hydrogen) atoms. The van der Waals surface area contributed by atoms with Crippen molar-refractivity contribution in [2.75, 3.05) is 10.0 Å². The smallest absolute Gasteiger partial charge is 0.261 e. The minimum atomic E-state index is -3.93. The van der Waals surface area contributed by atoms with Gasteiger partial charge in [-0.15, -0.1) is 0 Å². The molecule has 1 amide bonds. The van der Waals surface area contributed by atoms with Crippen LogP contribution < -0.4 is 10.0 Å². The van der Waals surface area contributed by atoms with Crippen LogP contribution in [-0.2, 0) is 22.9 Å². The molecular weight excluding hydrogens is 452 g/mol. The van der Waals surface area contributed by atoms with E-state index in [0.717, 1.165) is 36.1 Å². The zero-order chi connectivity index (χ0) is 23.9. The van der Waals surface area contributed by atoms with Crippen molar-refractivity contribution in [3.05, 3.63) is 76.7 Å². The molecule has 0 radical (unpaired) electrons. The zero-order valence-electron chi connectivity index (χ0n) is 18.2. The number of hydrogen-bond donors (Lipinski definition) is 3. The number of nitrogens with one attached hydrogen (secondary N) is 3. The summed E-state index contributed by atoms with van der Waals surface area (Å²) in [7, 11) is -3.93. The second-order valence-corrected chi connectivity index (χ2v) is 9.78. The Balaban J connectivity index is 1.35. The van der Waals surface area contributed by atoms with Gasteiger partial charge >= 0.3 is 0 Å². The van der Waals surface area contributed by atoms with Crippen molar-refractivity contribution in [2.24, 2.45) is 0 Å². The van der Waals surface area contributed by atoms with Crippen LogP contribution in [0, 0.1) is 18.3 Å². The summed E-state index contributed by atoms with van der Waals surface area (Å²) in [5.74, 6) is -0.194. The Morgan fingerprint density at radius 2 is 1.94 bits per heavy atom. The molecule has 1 aliphatic carbocycles. The highest BCUT2D eigenvalue weighted by molar-refractivity contribution is 7.92. The highest BCUT2D eigenvalue weighted by Gasteiger charge is 2.19. The summed E-state index contributed by atoms with van der Waals surface area (Å²) in [6.45, 7) is 1.85. The molecule has 5 rings (SSSR count). The first-order valence-corrected chi connectivity index (χ1v) is 12.1. The summed E-state index contributed by atoms with van der Waals surface area (Å²) < 4.78 is 28.5. The number of aryl methyl sites for hydroxylation is 3. The Morgan fingerprint density at radius 3 is 2.71 bits per heavy atom. The number of H-pyrrole nitrogens is 1. The molecule has 0 fully saturated rings. The number of amides is 1. The number of carbonyl (C=O) groups excluding carboxylic acids is 1. The lowest BCUT2D eigenvalue weighted by Crippen LogP contribution is -2.16. The molecule has 4 aromatic rings. The van der Waals surface area contributed by atoms with E-state index in [0.29, 0.717) is 22.2 Å². The predicted molar refractivity (Wildman–Crippen MR) is 127 cm³/mol. The minimum absolute atomic E-state index is 0.00128. The van der Waals surface area contributed by atoms with Gasteiger partial charge in [0, 0.05) is 29.0 Å². The number of sulfonamides is 1. The van der Waals surface area contributed by atoms with Gasteiger partial charge in [0.1, 0.15) is 6.07 Å². The van der Waals surface area contributed by atoms with Gasteiger partial charge < -0.3 is 4.98 Å². The highest BCUT2D eigenvalue weighted by atomic mass is 32.2. The van der Waals surface area contributed by atoms with E-state index in [9.17, 15) is 18.5 Å². The average molecular weight is 473 g/mol. The lowest BCUT2D eigenvalue weighted by molar-refractivity contribution is 0.102. The summed E-state index contributed by atoms with van der Waals surface area (Å²) >= 11 is 0. The SMILES string of the molecule is Cc1ccc(NS(=O)(=O)c2ccc(C(=O)Nc3ncc4c(n3)CCC4)cc2)c2[nH]cc(C#N)c12. The van der Waals surface area contributed by atoms with E-state index >= 15 is 0 Å². The fraction of sp³-hybridized carbons (Fsp3) is 0.167. The largest absolute Gasteiger partial charge is 0.358 e. The van der Waals surface area contributed by atoms with Gasteiger partial charge in [0.2, 0.25) is 5.95 Å². The standard InChI is InChI=1S/C24H20N6O3S/c1-14-5-10-20(22-21(14)17(11-25)13-26-22)30-34(32,33)18-8-6-15(7-9-18)23(31)29-24-27-12-16-3-2-4-19(16)28-24/h5-10,12-13,26,30H,2-4H2,1H3,(H,27,28,29,31). The van der Waals surface area contributed by atoms with Crippen LogP contribution in [0.3, 0.4) is 0 Å². The third-order valence-corrected chi connectivity index (χ3v) is 7.26. The van der Waals surface area contributed by atoms with E-state index in [2.05, 4.69) is 31.1 Å². The molecule has 10 heteroatoms. The predicted octanol–water partition coefficient (Wildman–Crippen LogP) is 3.68. The van der Waals surface area contributed by atoms with Gasteiger partial charge in [0.15, 0.2) is 0 Å². The maximum absolute atomic E-state index is 13.0. The second kappa shape index (κ2) is 8.28. The van der Waals surface area contributed by atoms with Gasteiger partial charge in [-0.25, -0.2) is 18.4 Å². The fourth-order valence-electron chi connectivity index (χ4n) is 4.13. The van der Waals surface area contributed by atoms with Crippen molar-refractivity contribution in [1.29, 1.82) is 5.26 Å². The van der Waals surface area contributed by atoms with Crippen LogP contribution in [-0.4, -0.2) is 29.3 Å². The molecule has 0 bridgehead atoms. The van der Waals surface area contributed by atoms with Crippen molar-refractivity contribution in [3.63, 3.8) is 0 Å². The molecule has 2 aromatic heterocycles. The van der Waals surface area contributed by atoms with Gasteiger partial charge in [-0.1, -0.05) is 6.07 Å². The highest BCUT2D eigenvalue weighted by Crippen LogP contribution is 2.30. The van der Waals surface area contributed by atoms with Gasteiger partial charge in [-0.2, -0.15) is 5.26 Å². The van der Waals surface area contributed by atoms with Crippen LogP contribution in [0.2, 0.25) is 0 Å². The summed E-state index contributed by atoms with van der Waals surface area (Å²) in [6.07, 6.45) is 6.13. The van der Waals surface area contributed by atoms with Crippen molar-refractivity contribution in [3.8, 4) is 6.07 Å². The third kappa shape index (κ3) is 3.86. The molecule has 0 unspecified atom stereocenters. The first kappa shape index (κ1) is 21.6. The normalized spacial score (nSPS) is 12.8. The van der Waals surface area contributed by atoms with E-state index in [-0.39, 0.29) is 16.4 Å². The summed E-state index contributed by atoms with van der Waals surface area (Å²) in [6, 6.07) is 11.1. The number of fused-ring (bicyclic) bond motifs is 2. The monoisotopic (exact) mass is 472 g/mol. The Bertz CT molecular complexity index is 1580. The van der Waals surface area contributed by atoms with Crippen molar-refractivity contribution in [1.82, 2.24) is 15.0 Å². The quantitative estimate of drug-likeness (QED) is 0.405. The summed E-state index contributed by atoms with van der Waals surface area (Å²) in [5.41, 5.74) is 4.50. The summed E-state index contributed by atoms with van der Waals surface area (Å²) in [4.78, 5) is 24.1. The van der Waals surface area contributed by atoms with E-state index in [1.54, 1.807) is 24.5 Å². The molecule has 0 spiro atoms. The van der Waals surface area contributed by atoms with Crippen LogP contribution in [0.4, 0.5) is 11.6 Å². The molecular formula is C24H20N6O3S. The van der Waals surface area contributed by atoms with E-state index in [1.807, 2.05) is 6.92 Å². The van der Waals surface area contributed by atoms with Gasteiger partial charge in [0.05, 0.1) is 21.7 Å². The second-order valence-electron chi connectivity index (χ2n) is 8.10. The number of carbonyl (C=O) groups is 1. The first-order valence-electron chi connectivity index (χ1n) is 10.7. The number of benzene rings is 2. The average Bonchev–Trinajstić information content (AvgIpc) is 3.48. The lowest BCUT2D eigenvalue weighted by Gasteiger charge is -2.11. The molecule has 3 N–H and O–H groups in total. The maximum atomic E-state index is 13.0. The van der Waals surface area contributed by atoms with E-state index < -0.39 is 15.9 Å². The number of rotatable bonds is 5. The number of nitrogens with zero attached hydrogens (tertiary/aromatic N) is 3. The summed E-state index contributed by atoms with van der Waals surface area (Å²) in [5, 5.41) is 12.6. The van der Waals surface area contributed by atoms with Crippen LogP contribution >= 0.6 is 0 Å². The topological polar surface area (TPSA) is 141 Å². The molecule has 2 aromatic carbocycles. The lowest BCUT2D eigenvalue weighted by atomic mass is 10.1. The molecule has 0 saturated heterocycles. The molecule has 2 heterocycles. The maximum Gasteiger partial charge on any atom is 0.261 e. The Hall–Kier alpha value is -4.23. The van der Waals surface area contributed by atoms with Crippen LogP contribution in [0.5, 0.6) is 0 Å². The van der Waals surface area contributed by atoms with Gasteiger partial charge in [-0.05, 0) is 67.6 Å². The zero-order valence-corrected chi connectivity index (χ0v) is 19.0. The Morgan fingerprint density at radius 1 is 1.15 bits per heavy atom. The van der Waals surface area contributed by atoms with Crippen LogP contribution in [0.15, 0.2) is 53.7 Å². The third-order valence-electron chi connectivity index (χ3n) is 5.87. The number of hydrogen-bond acceptors (Lipinski definition) is 6. The number of anilines is 2. The molecule has 0 atom stereocenters. The van der Waals surface area contributed by atoms with E-state index in [4.69, 9.17) is 0 Å².